The summed E-state index contributed by atoms with van der Waals surface area (Å²) >= 11 is 0. The van der Waals surface area contributed by atoms with Gasteiger partial charge in [0.25, 0.3) is 5.56 Å². The summed E-state index contributed by atoms with van der Waals surface area (Å²) in [7, 11) is 3.06. The third-order valence-corrected chi connectivity index (χ3v) is 5.56. The Bertz CT molecular complexity index is 1380. The van der Waals surface area contributed by atoms with Gasteiger partial charge in [-0.2, -0.15) is 0 Å². The summed E-state index contributed by atoms with van der Waals surface area (Å²) in [4.78, 5) is 36.5. The van der Waals surface area contributed by atoms with Crippen molar-refractivity contribution in [2.45, 2.75) is 26.2 Å². The molecule has 1 heterocycles. The molecule has 0 aliphatic rings. The predicted molar refractivity (Wildman–Crippen MR) is 131 cm³/mol. The number of para-hydroxylation sites is 1. The second-order valence-corrected chi connectivity index (χ2v) is 7.80. The lowest BCUT2D eigenvalue weighted by Crippen LogP contribution is -2.33. The van der Waals surface area contributed by atoms with E-state index in [4.69, 9.17) is 14.3 Å². The minimum Gasteiger partial charge on any atom is -0.493 e. The first-order valence-corrected chi connectivity index (χ1v) is 11.1. The number of methoxy groups -OCH3 is 2. The smallest absolute Gasteiger partial charge is 0.363 e. The molecule has 0 aliphatic heterocycles. The van der Waals surface area contributed by atoms with Crippen molar-refractivity contribution in [1.82, 2.24) is 9.71 Å². The lowest BCUT2D eigenvalue weighted by molar-refractivity contribution is 0.0449. The fourth-order valence-electron chi connectivity index (χ4n) is 3.68. The number of hydrogen-bond acceptors (Lipinski definition) is 6. The average Bonchev–Trinajstić information content (AvgIpc) is 2.88. The van der Waals surface area contributed by atoms with Crippen LogP contribution >= 0.6 is 0 Å². The van der Waals surface area contributed by atoms with Crippen molar-refractivity contribution in [3.8, 4) is 22.9 Å². The lowest BCUT2D eigenvalue weighted by atomic mass is 10.1. The molecule has 174 valence electrons. The SMILES string of the molecule is CCCCc1ccc(C(=O)On2c(-c3ccc(OC)c(OC)c3)nc3ccccc3c2=O)cc1. The Morgan fingerprint density at radius 2 is 1.68 bits per heavy atom. The van der Waals surface area contributed by atoms with E-state index >= 15 is 0 Å². The molecule has 0 fully saturated rings. The molecule has 0 unspecified atom stereocenters. The van der Waals surface area contributed by atoms with Gasteiger partial charge in [0.2, 0.25) is 0 Å². The van der Waals surface area contributed by atoms with Crippen LogP contribution in [0.3, 0.4) is 0 Å². The van der Waals surface area contributed by atoms with Crippen molar-refractivity contribution < 1.29 is 19.1 Å². The fourth-order valence-corrected chi connectivity index (χ4v) is 3.68. The number of carbonyl (C=O) groups excluding carboxylic acids is 1. The molecule has 0 spiro atoms. The number of unbranched alkanes of at least 4 members (excludes halogenated alkanes) is 1. The number of carbonyl (C=O) groups is 1. The summed E-state index contributed by atoms with van der Waals surface area (Å²) in [5.41, 5.74) is 2.03. The van der Waals surface area contributed by atoms with E-state index in [1.807, 2.05) is 12.1 Å². The number of fused-ring (bicyclic) bond motifs is 1. The number of nitrogens with zero attached hydrogens (tertiary/aromatic N) is 2. The van der Waals surface area contributed by atoms with Crippen molar-refractivity contribution >= 4 is 16.9 Å². The number of aryl methyl sites for hydroxylation is 1. The van der Waals surface area contributed by atoms with Crippen LogP contribution in [0.2, 0.25) is 0 Å². The molecule has 4 rings (SSSR count). The van der Waals surface area contributed by atoms with Gasteiger partial charge in [-0.3, -0.25) is 4.79 Å². The van der Waals surface area contributed by atoms with Crippen LogP contribution in [-0.2, 0) is 6.42 Å². The van der Waals surface area contributed by atoms with Crippen molar-refractivity contribution in [3.63, 3.8) is 0 Å². The molecule has 0 amide bonds. The van der Waals surface area contributed by atoms with E-state index in [9.17, 15) is 9.59 Å². The van der Waals surface area contributed by atoms with E-state index in [0.717, 1.165) is 29.6 Å². The third kappa shape index (κ3) is 4.64. The molecule has 0 bridgehead atoms. The second kappa shape index (κ2) is 10.2. The minimum absolute atomic E-state index is 0.178. The molecule has 7 nitrogen and oxygen atoms in total. The van der Waals surface area contributed by atoms with Gasteiger partial charge >= 0.3 is 5.97 Å². The number of ether oxygens (including phenoxy) is 2. The largest absolute Gasteiger partial charge is 0.493 e. The zero-order valence-electron chi connectivity index (χ0n) is 19.4. The van der Waals surface area contributed by atoms with E-state index in [1.54, 1.807) is 54.6 Å². The molecule has 0 saturated heterocycles. The van der Waals surface area contributed by atoms with Gasteiger partial charge < -0.3 is 14.3 Å². The Morgan fingerprint density at radius 1 is 0.941 bits per heavy atom. The summed E-state index contributed by atoms with van der Waals surface area (Å²) in [6.45, 7) is 2.14. The number of hydrogen-bond donors (Lipinski definition) is 0. The molecule has 34 heavy (non-hydrogen) atoms. The lowest BCUT2D eigenvalue weighted by Gasteiger charge is -2.15. The Labute approximate surface area is 197 Å². The van der Waals surface area contributed by atoms with Crippen LogP contribution in [0, 0.1) is 0 Å². The van der Waals surface area contributed by atoms with Crippen molar-refractivity contribution in [1.29, 1.82) is 0 Å². The van der Waals surface area contributed by atoms with E-state index in [0.29, 0.717) is 33.5 Å². The molecule has 1 aromatic heterocycles. The zero-order chi connectivity index (χ0) is 24.1. The maximum Gasteiger partial charge on any atom is 0.363 e. The van der Waals surface area contributed by atoms with Crippen LogP contribution in [0.25, 0.3) is 22.3 Å². The van der Waals surface area contributed by atoms with Crippen molar-refractivity contribution in [3.05, 3.63) is 88.2 Å². The quantitative estimate of drug-likeness (QED) is 0.381. The van der Waals surface area contributed by atoms with Gasteiger partial charge in [-0.1, -0.05) is 37.6 Å². The van der Waals surface area contributed by atoms with Crippen LogP contribution in [-0.4, -0.2) is 29.9 Å². The van der Waals surface area contributed by atoms with E-state index < -0.39 is 11.5 Å². The Hall–Kier alpha value is -4.13. The highest BCUT2D eigenvalue weighted by Crippen LogP contribution is 2.31. The van der Waals surface area contributed by atoms with E-state index in [1.165, 1.54) is 14.2 Å². The average molecular weight is 459 g/mol. The van der Waals surface area contributed by atoms with Crippen LogP contribution in [0.4, 0.5) is 0 Å². The second-order valence-electron chi connectivity index (χ2n) is 7.80. The first kappa shape index (κ1) is 23.0. The Kier molecular flexibility index (Phi) is 6.92. The monoisotopic (exact) mass is 458 g/mol. The Balaban J connectivity index is 1.78. The van der Waals surface area contributed by atoms with E-state index in [2.05, 4.69) is 11.9 Å². The van der Waals surface area contributed by atoms with Gasteiger partial charge in [0.05, 0.1) is 30.7 Å². The number of aromatic nitrogens is 2. The number of rotatable bonds is 8. The molecule has 4 aromatic rings. The summed E-state index contributed by atoms with van der Waals surface area (Å²) in [6, 6.07) is 19.3. The van der Waals surface area contributed by atoms with Gasteiger partial charge in [-0.05, 0) is 60.9 Å². The molecule has 0 radical (unpaired) electrons. The summed E-state index contributed by atoms with van der Waals surface area (Å²) in [5.74, 6) is 0.518. The highest BCUT2D eigenvalue weighted by molar-refractivity contribution is 5.90. The molecule has 0 saturated carbocycles. The fraction of sp³-hybridized carbons (Fsp3) is 0.222. The van der Waals surface area contributed by atoms with E-state index in [-0.39, 0.29) is 5.82 Å². The first-order valence-electron chi connectivity index (χ1n) is 11.1. The Morgan fingerprint density at radius 3 is 2.38 bits per heavy atom. The maximum atomic E-state index is 13.3. The minimum atomic E-state index is -0.650. The predicted octanol–water partition coefficient (Wildman–Crippen LogP) is 4.69. The van der Waals surface area contributed by atoms with Crippen molar-refractivity contribution in [2.75, 3.05) is 14.2 Å². The highest BCUT2D eigenvalue weighted by Gasteiger charge is 2.19. The van der Waals surface area contributed by atoms with Gasteiger partial charge in [0.1, 0.15) is 0 Å². The van der Waals surface area contributed by atoms with Gasteiger partial charge in [0.15, 0.2) is 17.3 Å². The van der Waals surface area contributed by atoms with Gasteiger partial charge in [-0.25, -0.2) is 9.78 Å². The standard InChI is InChI=1S/C27H26N2O5/c1-4-5-8-18-11-13-19(14-12-18)27(31)34-29-25(20-15-16-23(32-2)24(17-20)33-3)28-22-10-7-6-9-21(22)26(29)30/h6-7,9-17H,4-5,8H2,1-3H3. The van der Waals surface area contributed by atoms with Crippen LogP contribution in [0.15, 0.2) is 71.5 Å². The molecule has 3 aromatic carbocycles. The van der Waals surface area contributed by atoms with Crippen LogP contribution in [0.5, 0.6) is 11.5 Å². The van der Waals surface area contributed by atoms with Crippen LogP contribution in [0.1, 0.15) is 35.7 Å². The summed E-state index contributed by atoms with van der Waals surface area (Å²) < 4.78 is 11.6. The summed E-state index contributed by atoms with van der Waals surface area (Å²) in [6.07, 6.45) is 3.13. The normalized spacial score (nSPS) is 10.8. The molecular weight excluding hydrogens is 432 g/mol. The zero-order valence-corrected chi connectivity index (χ0v) is 19.4. The third-order valence-electron chi connectivity index (χ3n) is 5.56. The van der Waals surface area contributed by atoms with Gasteiger partial charge in [0, 0.05) is 5.56 Å². The van der Waals surface area contributed by atoms with Crippen molar-refractivity contribution in [2.24, 2.45) is 0 Å². The topological polar surface area (TPSA) is 79.7 Å². The molecular formula is C27H26N2O5. The van der Waals surface area contributed by atoms with Crippen LogP contribution < -0.4 is 19.9 Å². The highest BCUT2D eigenvalue weighted by atomic mass is 16.7. The molecule has 0 atom stereocenters. The molecule has 0 aliphatic carbocycles. The molecule has 0 N–H and O–H groups in total. The summed E-state index contributed by atoms with van der Waals surface area (Å²) in [5, 5.41) is 0.342. The maximum absolute atomic E-state index is 13.3. The first-order chi connectivity index (χ1) is 16.5. The number of benzene rings is 3. The van der Waals surface area contributed by atoms with Gasteiger partial charge in [-0.15, -0.1) is 4.73 Å². The molecule has 7 heteroatoms.